The van der Waals surface area contributed by atoms with Crippen molar-refractivity contribution in [3.8, 4) is 0 Å². The molecule has 6 N–H and O–H groups in total. The fraction of sp³-hybridized carbons (Fsp3) is 0.438. The van der Waals surface area contributed by atoms with Crippen LogP contribution in [0, 0.1) is 11.8 Å². The van der Waals surface area contributed by atoms with Gasteiger partial charge in [-0.3, -0.25) is 33.8 Å². The van der Waals surface area contributed by atoms with Gasteiger partial charge in [-0.25, -0.2) is 24.1 Å². The molecule has 2 fully saturated rings. The maximum absolute atomic E-state index is 13.4. The third kappa shape index (κ3) is 7.31. The predicted octanol–water partition coefficient (Wildman–Crippen LogP) is 0.200. The first-order valence-electron chi connectivity index (χ1n) is 16.9. The molecule has 2 saturated heterocycles. The van der Waals surface area contributed by atoms with E-state index in [0.717, 1.165) is 0 Å². The molecule has 54 heavy (non-hydrogen) atoms. The Labute approximate surface area is 306 Å². The number of ether oxygens (including phenoxy) is 2. The van der Waals surface area contributed by atoms with Gasteiger partial charge >= 0.3 is 10.3 Å². The molecule has 286 valence electrons. The van der Waals surface area contributed by atoms with Crippen LogP contribution in [0.15, 0.2) is 54.1 Å². The Morgan fingerprint density at radius 1 is 1.02 bits per heavy atom. The molecular formula is C32H37N11O10S. The molecule has 1 aromatic carbocycles. The standard InChI is InChI=1S/C32H37N11O10S/c1-15(2)28(46)40-32-39-27-23(30(48)41-32)36-14-43(27)31-24(16(3)20(11-44)52-31)53-54(49,50)37-10-19-18(45)9-21(51-19)42-13-35-22-25(33-12-34-26(22)42)38-29(47)17-7-5-4-6-8-17/h4-8,12-16,18-21,24,31,37,44-45H,9-11H2,1-3H3,(H,33,34,38,47)(H2,39,40,41,46,48)/t16-,18+,19-,20-,21-,24-,31-/m1/s1. The maximum Gasteiger partial charge on any atom is 0.336 e. The van der Waals surface area contributed by atoms with Crippen molar-refractivity contribution in [2.45, 2.75) is 64.1 Å². The van der Waals surface area contributed by atoms with E-state index in [9.17, 15) is 33.0 Å². The third-order valence-electron chi connectivity index (χ3n) is 9.19. The molecule has 2 aliphatic rings. The van der Waals surface area contributed by atoms with Gasteiger partial charge in [-0.2, -0.15) is 18.1 Å². The normalized spacial score (nSPS) is 24.4. The Morgan fingerprint density at radius 3 is 2.50 bits per heavy atom. The first-order valence-corrected chi connectivity index (χ1v) is 18.3. The van der Waals surface area contributed by atoms with Crippen LogP contribution in [-0.2, 0) is 28.8 Å². The molecule has 0 spiro atoms. The van der Waals surface area contributed by atoms with Crippen LogP contribution in [0.1, 0.15) is 50.0 Å². The second-order valence-electron chi connectivity index (χ2n) is 13.2. The first-order chi connectivity index (χ1) is 25.8. The third-order valence-corrected chi connectivity index (χ3v) is 10.2. The van der Waals surface area contributed by atoms with Crippen molar-refractivity contribution in [3.63, 3.8) is 0 Å². The van der Waals surface area contributed by atoms with Gasteiger partial charge in [-0.05, 0) is 12.1 Å². The second-order valence-corrected chi connectivity index (χ2v) is 14.5. The van der Waals surface area contributed by atoms with E-state index >= 15 is 0 Å². The summed E-state index contributed by atoms with van der Waals surface area (Å²) in [4.78, 5) is 61.5. The Morgan fingerprint density at radius 2 is 1.76 bits per heavy atom. The molecule has 7 rings (SSSR count). The number of rotatable bonds is 12. The number of carbonyl (C=O) groups is 2. The highest BCUT2D eigenvalue weighted by atomic mass is 32.2. The fourth-order valence-electron chi connectivity index (χ4n) is 6.21. The molecule has 22 heteroatoms. The molecule has 0 aliphatic carbocycles. The molecule has 4 aromatic heterocycles. The summed E-state index contributed by atoms with van der Waals surface area (Å²) in [5.74, 6) is -1.87. The molecule has 0 bridgehead atoms. The zero-order chi connectivity index (χ0) is 38.3. The summed E-state index contributed by atoms with van der Waals surface area (Å²) in [6.45, 7) is 4.09. The highest BCUT2D eigenvalue weighted by Gasteiger charge is 2.47. The zero-order valence-corrected chi connectivity index (χ0v) is 29.9. The van der Waals surface area contributed by atoms with E-state index in [1.807, 2.05) is 0 Å². The van der Waals surface area contributed by atoms with Gasteiger partial charge < -0.3 is 25.0 Å². The van der Waals surface area contributed by atoms with Crippen molar-refractivity contribution in [3.05, 3.63) is 65.2 Å². The van der Waals surface area contributed by atoms with Crippen molar-refractivity contribution in [2.75, 3.05) is 23.8 Å². The lowest BCUT2D eigenvalue weighted by atomic mass is 10.0. The van der Waals surface area contributed by atoms with Crippen LogP contribution in [0.25, 0.3) is 22.3 Å². The van der Waals surface area contributed by atoms with Crippen molar-refractivity contribution >= 4 is 56.2 Å². The number of anilines is 2. The van der Waals surface area contributed by atoms with Crippen LogP contribution < -0.4 is 20.9 Å². The largest absolute Gasteiger partial charge is 0.394 e. The van der Waals surface area contributed by atoms with Gasteiger partial charge in [0.25, 0.3) is 11.5 Å². The Balaban J connectivity index is 1.04. The van der Waals surface area contributed by atoms with Crippen molar-refractivity contribution in [1.29, 1.82) is 0 Å². The van der Waals surface area contributed by atoms with E-state index < -0.39 is 83.0 Å². The van der Waals surface area contributed by atoms with Crippen molar-refractivity contribution in [1.82, 2.24) is 43.8 Å². The topological polar surface area (TPSA) is 280 Å². The number of nitrogens with zero attached hydrogens (tertiary/aromatic N) is 7. The number of aromatic nitrogens is 8. The number of nitrogens with one attached hydrogen (secondary N) is 4. The number of imidazole rings is 2. The fourth-order valence-corrected chi connectivity index (χ4v) is 7.21. The summed E-state index contributed by atoms with van der Waals surface area (Å²) in [5.41, 5.74) is 0.229. The summed E-state index contributed by atoms with van der Waals surface area (Å²) < 4.78 is 49.5. The van der Waals surface area contributed by atoms with Crippen molar-refractivity contribution < 1.29 is 41.9 Å². The van der Waals surface area contributed by atoms with E-state index in [4.69, 9.17) is 13.7 Å². The molecular weight excluding hydrogens is 730 g/mol. The molecule has 2 aliphatic heterocycles. The number of amides is 2. The lowest BCUT2D eigenvalue weighted by Crippen LogP contribution is -2.41. The number of benzene rings is 1. The number of hydrogen-bond donors (Lipinski definition) is 6. The zero-order valence-electron chi connectivity index (χ0n) is 29.1. The SMILES string of the molecule is CC(C)C(=O)Nc1nc2c(ncn2[C@@H]2O[C@H](CO)[C@@H](C)[C@H]2OS(=O)(=O)NC[C@H]2O[C@@H](n3cnc4c(NC(=O)c5ccccc5)ncnc43)C[C@@H]2O)c(=O)[nH]1. The van der Waals surface area contributed by atoms with Gasteiger partial charge in [-0.1, -0.05) is 39.0 Å². The van der Waals surface area contributed by atoms with Crippen LogP contribution in [0.2, 0.25) is 0 Å². The average Bonchev–Trinajstić information content (AvgIpc) is 3.93. The first kappa shape index (κ1) is 37.1. The molecule has 0 unspecified atom stereocenters. The summed E-state index contributed by atoms with van der Waals surface area (Å²) in [6.07, 6.45) is -2.30. The van der Waals surface area contributed by atoms with Crippen LogP contribution in [-0.4, -0.2) is 107 Å². The number of H-pyrrole nitrogens is 1. The highest BCUT2D eigenvalue weighted by Crippen LogP contribution is 2.38. The van der Waals surface area contributed by atoms with Gasteiger partial charge in [0.2, 0.25) is 11.9 Å². The molecule has 21 nitrogen and oxygen atoms in total. The van der Waals surface area contributed by atoms with E-state index in [1.165, 1.54) is 23.5 Å². The summed E-state index contributed by atoms with van der Waals surface area (Å²) in [5, 5.41) is 26.1. The van der Waals surface area contributed by atoms with Gasteiger partial charge in [0.15, 0.2) is 34.4 Å². The van der Waals surface area contributed by atoms with Crippen LogP contribution >= 0.6 is 0 Å². The number of carbonyl (C=O) groups excluding carboxylic acids is 2. The quantitative estimate of drug-likeness (QED) is 0.0989. The number of aliphatic hydroxyl groups excluding tert-OH is 2. The molecule has 5 aromatic rings. The molecule has 6 heterocycles. The van der Waals surface area contributed by atoms with Gasteiger partial charge in [0.1, 0.15) is 18.7 Å². The number of fused-ring (bicyclic) bond motifs is 2. The van der Waals surface area contributed by atoms with Crippen molar-refractivity contribution in [2.24, 2.45) is 11.8 Å². The van der Waals surface area contributed by atoms with E-state index in [-0.39, 0.29) is 41.4 Å². The van der Waals surface area contributed by atoms with Gasteiger partial charge in [-0.15, -0.1) is 0 Å². The van der Waals surface area contributed by atoms with E-state index in [1.54, 1.807) is 55.7 Å². The van der Waals surface area contributed by atoms with Crippen LogP contribution in [0.5, 0.6) is 0 Å². The molecule has 2 amide bonds. The summed E-state index contributed by atoms with van der Waals surface area (Å²) >= 11 is 0. The smallest absolute Gasteiger partial charge is 0.336 e. The Bertz CT molecular complexity index is 2350. The minimum absolute atomic E-state index is 0.0240. The van der Waals surface area contributed by atoms with E-state index in [0.29, 0.717) is 11.2 Å². The lowest BCUT2D eigenvalue weighted by Gasteiger charge is -2.23. The van der Waals surface area contributed by atoms with Gasteiger partial charge in [0, 0.05) is 30.4 Å². The Kier molecular flexibility index (Phi) is 10.2. The monoisotopic (exact) mass is 767 g/mol. The minimum Gasteiger partial charge on any atom is -0.394 e. The summed E-state index contributed by atoms with van der Waals surface area (Å²) in [7, 11) is -4.57. The number of hydrogen-bond acceptors (Lipinski definition) is 15. The number of aliphatic hydroxyl groups is 2. The van der Waals surface area contributed by atoms with Crippen LogP contribution in [0.3, 0.4) is 0 Å². The number of aromatic amines is 1. The lowest BCUT2D eigenvalue weighted by molar-refractivity contribution is -0.118. The predicted molar refractivity (Wildman–Crippen MR) is 188 cm³/mol. The minimum atomic E-state index is -4.57. The maximum atomic E-state index is 13.4. The van der Waals surface area contributed by atoms with E-state index in [2.05, 4.69) is 45.3 Å². The molecule has 7 atom stereocenters. The average molecular weight is 768 g/mol. The van der Waals surface area contributed by atoms with Crippen LogP contribution in [0.4, 0.5) is 11.8 Å². The Hall–Kier alpha value is -5.23. The highest BCUT2D eigenvalue weighted by molar-refractivity contribution is 7.84. The molecule has 0 radical (unpaired) electrons. The van der Waals surface area contributed by atoms with Gasteiger partial charge in [0.05, 0.1) is 37.6 Å². The second kappa shape index (κ2) is 14.9. The molecule has 0 saturated carbocycles. The summed E-state index contributed by atoms with van der Waals surface area (Å²) in [6, 6.07) is 8.56.